The van der Waals surface area contributed by atoms with Gasteiger partial charge in [0.05, 0.1) is 46.6 Å². The van der Waals surface area contributed by atoms with Crippen LogP contribution in [0.4, 0.5) is 0 Å². The van der Waals surface area contributed by atoms with Gasteiger partial charge in [-0.2, -0.15) is 0 Å². The van der Waals surface area contributed by atoms with Crippen molar-refractivity contribution in [3.8, 4) is 0 Å². The third kappa shape index (κ3) is 18.2. The first-order chi connectivity index (χ1) is 31.3. The van der Waals surface area contributed by atoms with Crippen LogP contribution >= 0.6 is 0 Å². The zero-order valence-electron chi connectivity index (χ0n) is 43.6. The fraction of sp³-hybridized carbons (Fsp3) is 0.667. The molecule has 0 saturated carbocycles. The molecule has 20 heteroatoms. The number of hydrogen-bond donors (Lipinski definition) is 8. The van der Waals surface area contributed by atoms with Gasteiger partial charge < -0.3 is 59.8 Å². The molecule has 68 heavy (non-hydrogen) atoms. The Balaban J connectivity index is 0.000000454. The Hall–Kier alpha value is -5.44. The summed E-state index contributed by atoms with van der Waals surface area (Å²) >= 11 is 0. The molecule has 6 atom stereocenters. The highest BCUT2D eigenvalue weighted by Gasteiger charge is 2.31. The van der Waals surface area contributed by atoms with Crippen molar-refractivity contribution in [2.45, 2.75) is 210 Å². The molecular weight excluding hydrogens is 881 g/mol. The van der Waals surface area contributed by atoms with Gasteiger partial charge in [0.1, 0.15) is 23.0 Å². The maximum atomic E-state index is 12.0. The number of aliphatic hydroxyl groups is 4. The Morgan fingerprint density at radius 3 is 1.03 bits per heavy atom. The lowest BCUT2D eigenvalue weighted by Crippen LogP contribution is -2.48. The predicted molar refractivity (Wildman–Crippen MR) is 255 cm³/mol. The second-order valence-electron chi connectivity index (χ2n) is 18.4. The van der Waals surface area contributed by atoms with E-state index in [1.165, 1.54) is 0 Å². The molecule has 6 unspecified atom stereocenters. The largest absolute Gasteiger partial charge is 0.388 e. The first kappa shape index (κ1) is 60.6. The topological polar surface area (TPSA) is 301 Å². The van der Waals surface area contributed by atoms with Gasteiger partial charge in [-0.1, -0.05) is 62.2 Å². The van der Waals surface area contributed by atoms with Gasteiger partial charge in [0.15, 0.2) is 22.8 Å². The number of amides is 4. The third-order valence-electron chi connectivity index (χ3n) is 12.2. The van der Waals surface area contributed by atoms with E-state index in [0.717, 1.165) is 16.9 Å². The minimum Gasteiger partial charge on any atom is -0.388 e. The van der Waals surface area contributed by atoms with E-state index in [-0.39, 0.29) is 64.9 Å². The summed E-state index contributed by atoms with van der Waals surface area (Å²) in [5.41, 5.74) is -1.19. The number of aryl methyl sites for hydroxylation is 4. The number of carbonyl (C=O) groups is 4. The Kier molecular flexibility index (Phi) is 23.5. The molecule has 4 aromatic heterocycles. The molecule has 0 aromatic carbocycles. The van der Waals surface area contributed by atoms with Crippen LogP contribution in [0.5, 0.6) is 0 Å². The van der Waals surface area contributed by atoms with Gasteiger partial charge in [-0.05, 0) is 95.9 Å². The van der Waals surface area contributed by atoms with Gasteiger partial charge in [0.2, 0.25) is 0 Å². The highest BCUT2D eigenvalue weighted by molar-refractivity contribution is 5.95. The van der Waals surface area contributed by atoms with E-state index in [1.54, 1.807) is 88.3 Å². The van der Waals surface area contributed by atoms with E-state index >= 15 is 0 Å². The molecule has 4 amide bonds. The average Bonchev–Trinajstić information content (AvgIpc) is 4.10. The van der Waals surface area contributed by atoms with Crippen LogP contribution in [0.1, 0.15) is 200 Å². The fourth-order valence-corrected chi connectivity index (χ4v) is 5.34. The highest BCUT2D eigenvalue weighted by Crippen LogP contribution is 2.19. The summed E-state index contributed by atoms with van der Waals surface area (Å²) < 4.78 is 20.0. The molecule has 0 fully saturated rings. The van der Waals surface area contributed by atoms with Gasteiger partial charge in [-0.25, -0.2) is 0 Å². The van der Waals surface area contributed by atoms with E-state index < -0.39 is 22.4 Å². The summed E-state index contributed by atoms with van der Waals surface area (Å²) in [5, 5.41) is 65.1. The van der Waals surface area contributed by atoms with Crippen LogP contribution in [0, 0.1) is 13.8 Å². The monoisotopic (exact) mass is 961 g/mol. The van der Waals surface area contributed by atoms with Crippen LogP contribution < -0.4 is 21.3 Å². The molecule has 384 valence electrons. The molecule has 0 spiro atoms. The van der Waals surface area contributed by atoms with Crippen LogP contribution in [0.3, 0.4) is 0 Å². The zero-order chi connectivity index (χ0) is 52.5. The lowest BCUT2D eigenvalue weighted by molar-refractivity contribution is 0.0209. The Morgan fingerprint density at radius 1 is 0.485 bits per heavy atom. The van der Waals surface area contributed by atoms with Crippen molar-refractivity contribution in [3.63, 3.8) is 0 Å². The van der Waals surface area contributed by atoms with Crippen molar-refractivity contribution in [2.24, 2.45) is 0 Å². The minimum absolute atomic E-state index is 0.243. The minimum atomic E-state index is -0.971. The first-order valence-electron chi connectivity index (χ1n) is 23.3. The Labute approximate surface area is 401 Å². The number of carbonyl (C=O) groups excluding carboxylic acids is 4. The molecule has 0 bridgehead atoms. The molecular formula is C48H80N8O12. The number of nitrogens with one attached hydrogen (secondary N) is 4. The second-order valence-corrected chi connectivity index (χ2v) is 18.4. The van der Waals surface area contributed by atoms with Crippen molar-refractivity contribution in [3.05, 3.63) is 69.1 Å². The van der Waals surface area contributed by atoms with Crippen molar-refractivity contribution in [1.82, 2.24) is 41.9 Å². The zero-order valence-corrected chi connectivity index (χ0v) is 43.6. The summed E-state index contributed by atoms with van der Waals surface area (Å²) in [4.78, 5) is 47.4. The number of aromatic nitrogens is 4. The van der Waals surface area contributed by atoms with Crippen LogP contribution in [-0.2, 0) is 25.7 Å². The summed E-state index contributed by atoms with van der Waals surface area (Å²) in [6.07, 6.45) is 3.92. The van der Waals surface area contributed by atoms with Gasteiger partial charge in [0, 0.05) is 48.9 Å². The first-order valence-corrected chi connectivity index (χ1v) is 23.3. The Morgan fingerprint density at radius 2 is 0.779 bits per heavy atom. The van der Waals surface area contributed by atoms with E-state index in [1.807, 2.05) is 48.5 Å². The maximum absolute atomic E-state index is 12.0. The quantitative estimate of drug-likeness (QED) is 0.0575. The SMILES string of the molecule is CCc1cc(C(=O)NC(C)C(C)(C)O)no1.CCc1cc(C(=O)NC(C)C(C)(O)CC)no1.CCc1onc(C(=O)NC(C)C(C)(C)O)c1C.CCc1onc(C(=O)NC(C)C(C)(O)CC)c1C. The van der Waals surface area contributed by atoms with Crippen LogP contribution in [0.2, 0.25) is 0 Å². The predicted octanol–water partition coefficient (Wildman–Crippen LogP) is 5.90. The second kappa shape index (κ2) is 26.4. The molecule has 0 saturated heterocycles. The fourth-order valence-electron chi connectivity index (χ4n) is 5.34. The van der Waals surface area contributed by atoms with Gasteiger partial charge in [-0.3, -0.25) is 19.2 Å². The third-order valence-corrected chi connectivity index (χ3v) is 12.2. The molecule has 4 rings (SSSR count). The highest BCUT2D eigenvalue weighted by atomic mass is 16.5. The summed E-state index contributed by atoms with van der Waals surface area (Å²) in [5.74, 6) is 1.48. The number of hydrogen-bond acceptors (Lipinski definition) is 16. The molecule has 0 aliphatic rings. The molecule has 4 heterocycles. The van der Waals surface area contributed by atoms with Crippen molar-refractivity contribution in [1.29, 1.82) is 0 Å². The molecule has 0 aliphatic heterocycles. The molecule has 20 nitrogen and oxygen atoms in total. The van der Waals surface area contributed by atoms with E-state index in [9.17, 15) is 39.6 Å². The van der Waals surface area contributed by atoms with Gasteiger partial charge in [0.25, 0.3) is 23.6 Å². The normalized spacial score (nSPS) is 14.9. The molecule has 0 aliphatic carbocycles. The Bertz CT molecular complexity index is 2190. The van der Waals surface area contributed by atoms with Crippen LogP contribution in [-0.4, -0.2) is 111 Å². The van der Waals surface area contributed by atoms with E-state index in [0.29, 0.717) is 61.5 Å². The lowest BCUT2D eigenvalue weighted by Gasteiger charge is -2.29. The van der Waals surface area contributed by atoms with Gasteiger partial charge in [-0.15, -0.1) is 0 Å². The van der Waals surface area contributed by atoms with Crippen LogP contribution in [0.15, 0.2) is 30.2 Å². The summed E-state index contributed by atoms with van der Waals surface area (Å²) in [6, 6.07) is 1.80. The smallest absolute Gasteiger partial charge is 0.274 e. The summed E-state index contributed by atoms with van der Waals surface area (Å²) in [6.45, 7) is 32.1. The molecule has 4 aromatic rings. The standard InChI is InChI=1S/C13H22N2O3.2C12H20N2O3.C11H18N2O3/c1-6-10-8(3)11(15-18-10)12(16)14-9(4)13(5,17)7-2;1-6-9-7(2)10(14-17-9)11(15)13-8(3)12(4,5)16;1-5-9-7-10(14-17-9)11(15)13-8(3)12(4,16)6-2;1-5-8-6-9(13-16-8)10(14)12-7(2)11(3,4)15/h9,17H,6-7H2,1-5H3,(H,14,16);8,16H,6H2,1-5H3,(H,13,15);7-8,16H,5-6H2,1-4H3,(H,13,15);6-7,15H,5H2,1-4H3,(H,12,14). The van der Waals surface area contributed by atoms with Gasteiger partial charge >= 0.3 is 0 Å². The maximum Gasteiger partial charge on any atom is 0.274 e. The van der Waals surface area contributed by atoms with Crippen molar-refractivity contribution in [2.75, 3.05) is 0 Å². The van der Waals surface area contributed by atoms with E-state index in [4.69, 9.17) is 18.1 Å². The number of nitrogens with zero attached hydrogens (tertiary/aromatic N) is 4. The van der Waals surface area contributed by atoms with Crippen molar-refractivity contribution < 1.29 is 57.7 Å². The molecule has 0 radical (unpaired) electrons. The number of rotatable bonds is 18. The van der Waals surface area contributed by atoms with E-state index in [2.05, 4.69) is 41.9 Å². The summed E-state index contributed by atoms with van der Waals surface area (Å²) in [7, 11) is 0. The molecule has 8 N–H and O–H groups in total. The van der Waals surface area contributed by atoms with Crippen molar-refractivity contribution >= 4 is 23.6 Å². The average molecular weight is 961 g/mol. The lowest BCUT2D eigenvalue weighted by atomic mass is 9.95. The van der Waals surface area contributed by atoms with Crippen LogP contribution in [0.25, 0.3) is 0 Å².